The molecule has 3 aromatic rings. The molecule has 2 aromatic heterocycles. The number of nitrogens with zero attached hydrogens (tertiary/aromatic N) is 1. The maximum Gasteiger partial charge on any atom is 0.169 e. The maximum atomic E-state index is 5.54. The summed E-state index contributed by atoms with van der Waals surface area (Å²) in [6.07, 6.45) is 2.84. The Morgan fingerprint density at radius 1 is 1.22 bits per heavy atom. The van der Waals surface area contributed by atoms with Crippen LogP contribution in [0.3, 0.4) is 0 Å². The van der Waals surface area contributed by atoms with E-state index < -0.39 is 0 Å². The number of hydrogen-bond acceptors (Lipinski definition) is 5. The highest BCUT2D eigenvalue weighted by atomic mass is 79.9. The quantitative estimate of drug-likeness (QED) is 0.601. The Bertz CT molecular complexity index is 752. The van der Waals surface area contributed by atoms with Crippen LogP contribution >= 0.6 is 27.3 Å². The van der Waals surface area contributed by atoms with E-state index >= 15 is 0 Å². The van der Waals surface area contributed by atoms with Gasteiger partial charge in [-0.15, -0.1) is 11.3 Å². The molecule has 0 aliphatic rings. The molecule has 0 saturated carbocycles. The van der Waals surface area contributed by atoms with Crippen LogP contribution in [0.2, 0.25) is 0 Å². The average molecular weight is 393 g/mol. The number of furan rings is 1. The van der Waals surface area contributed by atoms with Gasteiger partial charge in [0.05, 0.1) is 12.0 Å². The van der Waals surface area contributed by atoms with Crippen molar-refractivity contribution in [3.8, 4) is 16.4 Å². The number of halogens is 1. The van der Waals surface area contributed by atoms with Crippen molar-refractivity contribution in [1.29, 1.82) is 0 Å². The van der Waals surface area contributed by atoms with Crippen molar-refractivity contribution >= 4 is 27.3 Å². The Kier molecular flexibility index (Phi) is 5.48. The van der Waals surface area contributed by atoms with E-state index in [1.54, 1.807) is 18.4 Å². The van der Waals surface area contributed by atoms with E-state index in [0.717, 1.165) is 45.6 Å². The Labute approximate surface area is 147 Å². The molecule has 3 rings (SSSR count). The second-order valence-electron chi connectivity index (χ2n) is 5.00. The monoisotopic (exact) mass is 392 g/mol. The maximum absolute atomic E-state index is 5.54. The second-order valence-corrected chi connectivity index (χ2v) is 6.89. The molecule has 0 fully saturated rings. The zero-order valence-corrected chi connectivity index (χ0v) is 15.1. The highest BCUT2D eigenvalue weighted by Gasteiger charge is 2.08. The summed E-state index contributed by atoms with van der Waals surface area (Å²) in [4.78, 5) is 5.48. The first-order valence-corrected chi connectivity index (χ1v) is 8.89. The fourth-order valence-corrected chi connectivity index (χ4v) is 3.33. The van der Waals surface area contributed by atoms with E-state index in [9.17, 15) is 0 Å². The summed E-state index contributed by atoms with van der Waals surface area (Å²) in [6, 6.07) is 12.0. The van der Waals surface area contributed by atoms with Crippen LogP contribution in [-0.2, 0) is 13.0 Å². The lowest BCUT2D eigenvalue weighted by Gasteiger charge is -2.04. The van der Waals surface area contributed by atoms with Crippen molar-refractivity contribution in [3.05, 3.63) is 57.8 Å². The van der Waals surface area contributed by atoms with Gasteiger partial charge >= 0.3 is 0 Å². The van der Waals surface area contributed by atoms with Gasteiger partial charge in [0, 0.05) is 12.7 Å². The summed E-state index contributed by atoms with van der Waals surface area (Å²) in [5, 5.41) is 4.48. The molecule has 1 aromatic carbocycles. The number of rotatable bonds is 7. The first-order valence-electron chi connectivity index (χ1n) is 7.28. The minimum atomic E-state index is 0.736. The third-order valence-corrected chi connectivity index (χ3v) is 4.83. The van der Waals surface area contributed by atoms with Crippen LogP contribution in [0.25, 0.3) is 10.6 Å². The zero-order chi connectivity index (χ0) is 16.1. The average Bonchev–Trinajstić information content (AvgIpc) is 3.21. The minimum absolute atomic E-state index is 0.736. The predicted octanol–water partition coefficient (Wildman–Crippen LogP) is 4.51. The van der Waals surface area contributed by atoms with Crippen LogP contribution < -0.4 is 10.1 Å². The highest BCUT2D eigenvalue weighted by Crippen LogP contribution is 2.29. The number of ether oxygens (including phenoxy) is 1. The number of aromatic nitrogens is 1. The SMILES string of the molecule is COc1ccc(CCNCc2ncc(-c3ccc(Br)o3)s2)cc1. The number of nitrogens with one attached hydrogen (secondary N) is 1. The molecule has 4 nitrogen and oxygen atoms in total. The number of hydrogen-bond donors (Lipinski definition) is 1. The van der Waals surface area contributed by atoms with Crippen LogP contribution in [0.15, 0.2) is 51.7 Å². The summed E-state index contributed by atoms with van der Waals surface area (Å²) in [7, 11) is 1.68. The van der Waals surface area contributed by atoms with Crippen molar-refractivity contribution in [2.24, 2.45) is 0 Å². The molecule has 0 unspecified atom stereocenters. The van der Waals surface area contributed by atoms with E-state index in [1.165, 1.54) is 5.56 Å². The number of benzene rings is 1. The van der Waals surface area contributed by atoms with Gasteiger partial charge in [-0.25, -0.2) is 4.98 Å². The van der Waals surface area contributed by atoms with Gasteiger partial charge in [-0.05, 0) is 58.7 Å². The topological polar surface area (TPSA) is 47.3 Å². The van der Waals surface area contributed by atoms with Crippen molar-refractivity contribution in [3.63, 3.8) is 0 Å². The first kappa shape index (κ1) is 16.2. The highest BCUT2D eigenvalue weighted by molar-refractivity contribution is 9.10. The molecule has 0 aliphatic carbocycles. The third-order valence-electron chi connectivity index (χ3n) is 3.40. The summed E-state index contributed by atoms with van der Waals surface area (Å²) in [5.74, 6) is 1.74. The largest absolute Gasteiger partial charge is 0.497 e. The van der Waals surface area contributed by atoms with Crippen LogP contribution in [0.1, 0.15) is 10.6 Å². The molecule has 23 heavy (non-hydrogen) atoms. The first-order chi connectivity index (χ1) is 11.2. The third kappa shape index (κ3) is 4.43. The lowest BCUT2D eigenvalue weighted by Crippen LogP contribution is -2.16. The van der Waals surface area contributed by atoms with Crippen molar-refractivity contribution in [1.82, 2.24) is 10.3 Å². The smallest absolute Gasteiger partial charge is 0.169 e. The van der Waals surface area contributed by atoms with Crippen molar-refractivity contribution < 1.29 is 9.15 Å². The molecule has 2 heterocycles. The van der Waals surface area contributed by atoms with Crippen molar-refractivity contribution in [2.45, 2.75) is 13.0 Å². The van der Waals surface area contributed by atoms with E-state index in [1.807, 2.05) is 30.5 Å². The molecule has 0 radical (unpaired) electrons. The van der Waals surface area contributed by atoms with Crippen LogP contribution in [0.5, 0.6) is 5.75 Å². The number of methoxy groups -OCH3 is 1. The molecule has 120 valence electrons. The molecule has 1 N–H and O–H groups in total. The van der Waals surface area contributed by atoms with Gasteiger partial charge in [-0.1, -0.05) is 12.1 Å². The zero-order valence-electron chi connectivity index (χ0n) is 12.7. The van der Waals surface area contributed by atoms with Gasteiger partial charge in [0.2, 0.25) is 0 Å². The molecule has 0 atom stereocenters. The normalized spacial score (nSPS) is 10.9. The summed E-state index contributed by atoms with van der Waals surface area (Å²) in [6.45, 7) is 1.68. The Morgan fingerprint density at radius 2 is 2.04 bits per heavy atom. The number of thiazole rings is 1. The summed E-state index contributed by atoms with van der Waals surface area (Å²) < 4.78 is 11.4. The Hall–Kier alpha value is -1.63. The molecule has 6 heteroatoms. The van der Waals surface area contributed by atoms with E-state index in [4.69, 9.17) is 9.15 Å². The van der Waals surface area contributed by atoms with Gasteiger partial charge in [0.25, 0.3) is 0 Å². The Balaban J connectivity index is 1.46. The predicted molar refractivity (Wildman–Crippen MR) is 95.9 cm³/mol. The van der Waals surface area contributed by atoms with Crippen LogP contribution in [-0.4, -0.2) is 18.6 Å². The van der Waals surface area contributed by atoms with Crippen LogP contribution in [0, 0.1) is 0 Å². The van der Waals surface area contributed by atoms with E-state index in [0.29, 0.717) is 0 Å². The molecule has 0 amide bonds. The van der Waals surface area contributed by atoms with Gasteiger partial charge < -0.3 is 14.5 Å². The lowest BCUT2D eigenvalue weighted by atomic mass is 10.1. The molecular formula is C17H17BrN2O2S. The van der Waals surface area contributed by atoms with Gasteiger partial charge in [-0.2, -0.15) is 0 Å². The Morgan fingerprint density at radius 3 is 2.74 bits per heavy atom. The summed E-state index contributed by atoms with van der Waals surface area (Å²) >= 11 is 4.96. The van der Waals surface area contributed by atoms with Gasteiger partial charge in [0.1, 0.15) is 16.5 Å². The minimum Gasteiger partial charge on any atom is -0.497 e. The van der Waals surface area contributed by atoms with Crippen LogP contribution in [0.4, 0.5) is 0 Å². The summed E-state index contributed by atoms with van der Waals surface area (Å²) in [5.41, 5.74) is 1.29. The lowest BCUT2D eigenvalue weighted by molar-refractivity contribution is 0.414. The van der Waals surface area contributed by atoms with E-state index in [-0.39, 0.29) is 0 Å². The van der Waals surface area contributed by atoms with Gasteiger partial charge in [0.15, 0.2) is 4.67 Å². The molecule has 0 aliphatic heterocycles. The fourth-order valence-electron chi connectivity index (χ4n) is 2.17. The van der Waals surface area contributed by atoms with E-state index in [2.05, 4.69) is 38.4 Å². The fraction of sp³-hybridized carbons (Fsp3) is 0.235. The molecular weight excluding hydrogens is 376 g/mol. The van der Waals surface area contributed by atoms with Gasteiger partial charge in [-0.3, -0.25) is 0 Å². The second kappa shape index (κ2) is 7.77. The standard InChI is InChI=1S/C17H17BrN2O2S/c1-21-13-4-2-12(3-5-13)8-9-19-11-17-20-10-15(23-17)14-6-7-16(18)22-14/h2-7,10,19H,8-9,11H2,1H3. The molecule has 0 bridgehead atoms. The van der Waals surface area contributed by atoms with Crippen molar-refractivity contribution in [2.75, 3.05) is 13.7 Å². The molecule has 0 spiro atoms. The molecule has 0 saturated heterocycles.